The van der Waals surface area contributed by atoms with E-state index >= 15 is 0 Å². The van der Waals surface area contributed by atoms with Gasteiger partial charge in [-0.3, -0.25) is 9.59 Å². The Balaban J connectivity index is 2.34. The van der Waals surface area contributed by atoms with E-state index in [1.807, 2.05) is 40.7 Å². The maximum atomic E-state index is 13.2. The smallest absolute Gasteiger partial charge is 0.243 e. The van der Waals surface area contributed by atoms with Crippen molar-refractivity contribution >= 4 is 22.8 Å². The molecule has 2 rings (SSSR count). The minimum Gasteiger partial charge on any atom is -0.349 e. The molecule has 148 valence electrons. The zero-order valence-corrected chi connectivity index (χ0v) is 17.2. The van der Waals surface area contributed by atoms with Crippen LogP contribution in [0.25, 0.3) is 11.0 Å². The van der Waals surface area contributed by atoms with Crippen LogP contribution in [0, 0.1) is 0 Å². The summed E-state index contributed by atoms with van der Waals surface area (Å²) in [6.45, 7) is 10.8. The van der Waals surface area contributed by atoms with Crippen molar-refractivity contribution in [1.82, 2.24) is 19.8 Å². The van der Waals surface area contributed by atoms with Crippen molar-refractivity contribution in [2.45, 2.75) is 79.1 Å². The number of hydrogen-bond donors (Lipinski definition) is 1. The summed E-state index contributed by atoms with van der Waals surface area (Å²) in [5, 5.41) is 2.87. The Morgan fingerprint density at radius 1 is 1.11 bits per heavy atom. The van der Waals surface area contributed by atoms with Gasteiger partial charge in [-0.1, -0.05) is 32.9 Å². The molecule has 0 bridgehead atoms. The third kappa shape index (κ3) is 4.87. The molecule has 0 spiro atoms. The third-order valence-electron chi connectivity index (χ3n) is 5.21. The zero-order chi connectivity index (χ0) is 20.0. The fourth-order valence-electron chi connectivity index (χ4n) is 3.28. The second-order valence-electron chi connectivity index (χ2n) is 7.05. The molecule has 2 aromatic rings. The molecule has 1 heterocycles. The molecule has 2 unspecified atom stereocenters. The number of aromatic nitrogens is 2. The fraction of sp³-hybridized carbons (Fsp3) is 0.571. The summed E-state index contributed by atoms with van der Waals surface area (Å²) in [6, 6.07) is 8.15. The molecule has 1 N–H and O–H groups in total. The van der Waals surface area contributed by atoms with Gasteiger partial charge in [0.15, 0.2) is 0 Å². The molecular formula is C21H32N4O2. The van der Waals surface area contributed by atoms with E-state index in [0.29, 0.717) is 18.8 Å². The van der Waals surface area contributed by atoms with Gasteiger partial charge in [0.05, 0.1) is 17.6 Å². The van der Waals surface area contributed by atoms with E-state index in [2.05, 4.69) is 38.0 Å². The maximum absolute atomic E-state index is 13.2. The predicted octanol–water partition coefficient (Wildman–Crippen LogP) is 3.49. The lowest BCUT2D eigenvalue weighted by Gasteiger charge is -2.34. The summed E-state index contributed by atoms with van der Waals surface area (Å²) >= 11 is 0. The molecule has 6 nitrogen and oxygen atoms in total. The van der Waals surface area contributed by atoms with E-state index in [4.69, 9.17) is 0 Å². The molecule has 0 radical (unpaired) electrons. The van der Waals surface area contributed by atoms with E-state index in [0.717, 1.165) is 23.9 Å². The zero-order valence-electron chi connectivity index (χ0n) is 17.2. The summed E-state index contributed by atoms with van der Waals surface area (Å²) in [7, 11) is 0. The minimum atomic E-state index is -0.0271. The first kappa shape index (κ1) is 20.9. The largest absolute Gasteiger partial charge is 0.349 e. The van der Waals surface area contributed by atoms with E-state index in [1.165, 1.54) is 0 Å². The standard InChI is InChI=1S/C21H32N4O2/c1-6-15(4)25(16(5)7-2)21(27)14-24-18-12-10-9-11-17(18)23-19(24)13-22-20(26)8-3/h9-12,15-16H,6-8,13-14H2,1-5H3,(H,22,26). The van der Waals surface area contributed by atoms with Crippen molar-refractivity contribution < 1.29 is 9.59 Å². The molecule has 1 aromatic carbocycles. The van der Waals surface area contributed by atoms with Crippen LogP contribution in [0.15, 0.2) is 24.3 Å². The number of para-hydroxylation sites is 2. The van der Waals surface area contributed by atoms with Gasteiger partial charge in [-0.15, -0.1) is 0 Å². The second kappa shape index (κ2) is 9.53. The van der Waals surface area contributed by atoms with Gasteiger partial charge in [0, 0.05) is 18.5 Å². The van der Waals surface area contributed by atoms with Crippen LogP contribution in [0.2, 0.25) is 0 Å². The van der Waals surface area contributed by atoms with Gasteiger partial charge in [-0.25, -0.2) is 4.98 Å². The summed E-state index contributed by atoms with van der Waals surface area (Å²) in [5.74, 6) is 0.769. The van der Waals surface area contributed by atoms with E-state index < -0.39 is 0 Å². The number of nitrogens with zero attached hydrogens (tertiary/aromatic N) is 3. The van der Waals surface area contributed by atoms with Crippen LogP contribution in [0.3, 0.4) is 0 Å². The number of rotatable bonds is 9. The number of amides is 2. The molecule has 6 heteroatoms. The molecule has 0 fully saturated rings. The molecule has 0 saturated heterocycles. The molecule has 1 aromatic heterocycles. The predicted molar refractivity (Wildman–Crippen MR) is 108 cm³/mol. The summed E-state index contributed by atoms with van der Waals surface area (Å²) in [4.78, 5) is 31.5. The summed E-state index contributed by atoms with van der Waals surface area (Å²) in [6.07, 6.45) is 2.26. The highest BCUT2D eigenvalue weighted by Gasteiger charge is 2.25. The Morgan fingerprint density at radius 2 is 1.74 bits per heavy atom. The average molecular weight is 373 g/mol. The first-order valence-corrected chi connectivity index (χ1v) is 9.94. The van der Waals surface area contributed by atoms with Crippen LogP contribution >= 0.6 is 0 Å². The van der Waals surface area contributed by atoms with Crippen molar-refractivity contribution in [1.29, 1.82) is 0 Å². The minimum absolute atomic E-state index is 0.0271. The van der Waals surface area contributed by atoms with Gasteiger partial charge in [0.1, 0.15) is 12.4 Å². The third-order valence-corrected chi connectivity index (χ3v) is 5.21. The highest BCUT2D eigenvalue weighted by atomic mass is 16.2. The van der Waals surface area contributed by atoms with Crippen LogP contribution in [-0.2, 0) is 22.7 Å². The number of hydrogen-bond acceptors (Lipinski definition) is 3. The van der Waals surface area contributed by atoms with Crippen LogP contribution in [0.5, 0.6) is 0 Å². The number of nitrogens with one attached hydrogen (secondary N) is 1. The van der Waals surface area contributed by atoms with Gasteiger partial charge < -0.3 is 14.8 Å². The Kier molecular flexibility index (Phi) is 7.39. The lowest BCUT2D eigenvalue weighted by Crippen LogP contribution is -2.46. The van der Waals surface area contributed by atoms with E-state index in [9.17, 15) is 9.59 Å². The highest BCUT2D eigenvalue weighted by Crippen LogP contribution is 2.19. The summed E-state index contributed by atoms with van der Waals surface area (Å²) in [5.41, 5.74) is 1.75. The average Bonchev–Trinajstić information content (AvgIpc) is 3.03. The van der Waals surface area contributed by atoms with Crippen molar-refractivity contribution in [3.63, 3.8) is 0 Å². The van der Waals surface area contributed by atoms with E-state index in [-0.39, 0.29) is 30.4 Å². The molecule has 0 aliphatic heterocycles. The Bertz CT molecular complexity index is 774. The van der Waals surface area contributed by atoms with Crippen LogP contribution in [0.1, 0.15) is 59.7 Å². The van der Waals surface area contributed by atoms with E-state index in [1.54, 1.807) is 0 Å². The topological polar surface area (TPSA) is 67.2 Å². The van der Waals surface area contributed by atoms with Gasteiger partial charge in [-0.2, -0.15) is 0 Å². The van der Waals surface area contributed by atoms with Gasteiger partial charge in [-0.05, 0) is 38.8 Å². The van der Waals surface area contributed by atoms with Gasteiger partial charge in [0.25, 0.3) is 0 Å². The van der Waals surface area contributed by atoms with Gasteiger partial charge in [0.2, 0.25) is 11.8 Å². The summed E-state index contributed by atoms with van der Waals surface area (Å²) < 4.78 is 1.94. The van der Waals surface area contributed by atoms with Crippen molar-refractivity contribution in [2.75, 3.05) is 0 Å². The quantitative estimate of drug-likeness (QED) is 0.733. The Morgan fingerprint density at radius 3 is 2.33 bits per heavy atom. The van der Waals surface area contributed by atoms with Crippen molar-refractivity contribution in [3.05, 3.63) is 30.1 Å². The Hall–Kier alpha value is -2.37. The normalized spacial score (nSPS) is 13.4. The number of fused-ring (bicyclic) bond motifs is 1. The second-order valence-corrected chi connectivity index (χ2v) is 7.05. The number of imidazole rings is 1. The molecular weight excluding hydrogens is 340 g/mol. The maximum Gasteiger partial charge on any atom is 0.243 e. The van der Waals surface area contributed by atoms with Crippen molar-refractivity contribution in [3.8, 4) is 0 Å². The lowest BCUT2D eigenvalue weighted by atomic mass is 10.1. The first-order valence-electron chi connectivity index (χ1n) is 9.94. The molecule has 0 saturated carbocycles. The van der Waals surface area contributed by atoms with Crippen molar-refractivity contribution in [2.24, 2.45) is 0 Å². The highest BCUT2D eigenvalue weighted by molar-refractivity contribution is 5.82. The van der Waals surface area contributed by atoms with Gasteiger partial charge >= 0.3 is 0 Å². The SMILES string of the molecule is CCC(=O)NCc1nc2ccccc2n1CC(=O)N(C(C)CC)C(C)CC. The number of carbonyl (C=O) groups excluding carboxylic acids is 2. The fourth-order valence-corrected chi connectivity index (χ4v) is 3.28. The first-order chi connectivity index (χ1) is 12.9. The molecule has 2 atom stereocenters. The Labute approximate surface area is 161 Å². The lowest BCUT2D eigenvalue weighted by molar-refractivity contribution is -0.136. The molecule has 0 aliphatic carbocycles. The number of benzene rings is 1. The van der Waals surface area contributed by atoms with Crippen LogP contribution < -0.4 is 5.32 Å². The molecule has 27 heavy (non-hydrogen) atoms. The monoisotopic (exact) mass is 372 g/mol. The number of carbonyl (C=O) groups is 2. The van der Waals surface area contributed by atoms with Crippen LogP contribution in [0.4, 0.5) is 0 Å². The molecule has 0 aliphatic rings. The van der Waals surface area contributed by atoms with Crippen LogP contribution in [-0.4, -0.2) is 38.3 Å². The molecule has 2 amide bonds.